The minimum Gasteiger partial charge on any atom is -0.387 e. The van der Waals surface area contributed by atoms with Gasteiger partial charge in [0.25, 0.3) is 0 Å². The number of thiophene rings is 1. The summed E-state index contributed by atoms with van der Waals surface area (Å²) in [6, 6.07) is 9.97. The van der Waals surface area contributed by atoms with Crippen LogP contribution in [0.15, 0.2) is 40.2 Å². The lowest BCUT2D eigenvalue weighted by Gasteiger charge is -2.12. The van der Waals surface area contributed by atoms with E-state index in [1.54, 1.807) is 11.3 Å². The molecule has 2 rings (SSSR count). The fraction of sp³-hybridized carbons (Fsp3) is 0.333. The van der Waals surface area contributed by atoms with E-state index in [0.717, 1.165) is 23.0 Å². The largest absolute Gasteiger partial charge is 0.387 e. The minimum absolute atomic E-state index is 0.470. The Morgan fingerprint density at radius 1 is 1.37 bits per heavy atom. The van der Waals surface area contributed by atoms with Gasteiger partial charge >= 0.3 is 0 Å². The molecule has 4 heteroatoms. The molecule has 1 aromatic carbocycles. The van der Waals surface area contributed by atoms with Crippen molar-refractivity contribution in [2.45, 2.75) is 26.0 Å². The molecule has 0 radical (unpaired) electrons. The van der Waals surface area contributed by atoms with Crippen LogP contribution in [0.2, 0.25) is 0 Å². The summed E-state index contributed by atoms with van der Waals surface area (Å²) in [5.74, 6) is 0. The first-order valence-corrected chi connectivity index (χ1v) is 8.07. The molecule has 1 aromatic heterocycles. The van der Waals surface area contributed by atoms with Crippen LogP contribution in [-0.2, 0) is 13.0 Å². The van der Waals surface area contributed by atoms with E-state index in [1.165, 1.54) is 10.4 Å². The van der Waals surface area contributed by atoms with Crippen LogP contribution in [0.4, 0.5) is 0 Å². The Morgan fingerprint density at radius 2 is 2.21 bits per heavy atom. The second kappa shape index (κ2) is 7.20. The Kier molecular flexibility index (Phi) is 5.58. The molecule has 0 aliphatic carbocycles. The molecule has 102 valence electrons. The SMILES string of the molecule is CCc1ccsc1CNCC(O)c1cccc(Br)c1. The van der Waals surface area contributed by atoms with Crippen molar-refractivity contribution in [3.05, 3.63) is 56.2 Å². The van der Waals surface area contributed by atoms with Crippen molar-refractivity contribution in [2.24, 2.45) is 0 Å². The normalized spacial score (nSPS) is 12.6. The van der Waals surface area contributed by atoms with Gasteiger partial charge in [-0.05, 0) is 41.1 Å². The Bertz CT molecular complexity index is 526. The minimum atomic E-state index is -0.470. The molecular formula is C15H18BrNOS. The molecule has 0 spiro atoms. The molecule has 0 aliphatic rings. The Balaban J connectivity index is 1.86. The third-order valence-electron chi connectivity index (χ3n) is 3.08. The number of aliphatic hydroxyl groups is 1. The third-order valence-corrected chi connectivity index (χ3v) is 4.53. The molecule has 1 unspecified atom stereocenters. The van der Waals surface area contributed by atoms with E-state index in [-0.39, 0.29) is 0 Å². The second-order valence-corrected chi connectivity index (χ2v) is 6.34. The van der Waals surface area contributed by atoms with Crippen LogP contribution in [0.3, 0.4) is 0 Å². The molecule has 0 saturated carbocycles. The Morgan fingerprint density at radius 3 is 2.95 bits per heavy atom. The topological polar surface area (TPSA) is 32.3 Å². The number of hydrogen-bond acceptors (Lipinski definition) is 3. The second-order valence-electron chi connectivity index (χ2n) is 4.42. The van der Waals surface area contributed by atoms with Gasteiger partial charge in [-0.25, -0.2) is 0 Å². The zero-order valence-corrected chi connectivity index (χ0v) is 13.3. The van der Waals surface area contributed by atoms with Gasteiger partial charge in [0, 0.05) is 22.4 Å². The maximum absolute atomic E-state index is 10.1. The monoisotopic (exact) mass is 339 g/mol. The van der Waals surface area contributed by atoms with Gasteiger partial charge in [0.05, 0.1) is 6.10 Å². The van der Waals surface area contributed by atoms with Gasteiger partial charge < -0.3 is 10.4 Å². The molecule has 0 bridgehead atoms. The van der Waals surface area contributed by atoms with E-state index in [2.05, 4.69) is 39.6 Å². The fourth-order valence-corrected chi connectivity index (χ4v) is 3.35. The van der Waals surface area contributed by atoms with Gasteiger partial charge in [-0.1, -0.05) is 35.0 Å². The van der Waals surface area contributed by atoms with E-state index in [9.17, 15) is 5.11 Å². The molecule has 1 heterocycles. The van der Waals surface area contributed by atoms with E-state index in [0.29, 0.717) is 6.54 Å². The van der Waals surface area contributed by atoms with Gasteiger partial charge in [0.2, 0.25) is 0 Å². The molecule has 2 nitrogen and oxygen atoms in total. The number of hydrogen-bond donors (Lipinski definition) is 2. The average molecular weight is 340 g/mol. The standard InChI is InChI=1S/C15H18BrNOS/c1-2-11-6-7-19-15(11)10-17-9-14(18)12-4-3-5-13(16)8-12/h3-8,14,17-18H,2,9-10H2,1H3. The number of aliphatic hydroxyl groups excluding tert-OH is 1. The quantitative estimate of drug-likeness (QED) is 0.836. The Hall–Kier alpha value is -0.680. The zero-order chi connectivity index (χ0) is 13.7. The predicted octanol–water partition coefficient (Wildman–Crippen LogP) is 3.90. The van der Waals surface area contributed by atoms with Gasteiger partial charge in [0.15, 0.2) is 0 Å². The average Bonchev–Trinajstić information content (AvgIpc) is 2.86. The summed E-state index contributed by atoms with van der Waals surface area (Å²) >= 11 is 5.19. The van der Waals surface area contributed by atoms with Gasteiger partial charge in [-0.15, -0.1) is 11.3 Å². The van der Waals surface area contributed by atoms with Crippen molar-refractivity contribution in [3.8, 4) is 0 Å². The molecule has 0 aliphatic heterocycles. The van der Waals surface area contributed by atoms with Crippen LogP contribution in [0, 0.1) is 0 Å². The summed E-state index contributed by atoms with van der Waals surface area (Å²) in [4.78, 5) is 1.36. The molecule has 19 heavy (non-hydrogen) atoms. The summed E-state index contributed by atoms with van der Waals surface area (Å²) in [5.41, 5.74) is 2.33. The lowest BCUT2D eigenvalue weighted by atomic mass is 10.1. The predicted molar refractivity (Wildman–Crippen MR) is 84.5 cm³/mol. The molecule has 2 aromatic rings. The Labute approximate surface area is 126 Å². The van der Waals surface area contributed by atoms with Gasteiger partial charge in [0.1, 0.15) is 0 Å². The highest BCUT2D eigenvalue weighted by Gasteiger charge is 2.08. The molecule has 1 atom stereocenters. The maximum atomic E-state index is 10.1. The number of aryl methyl sites for hydroxylation is 1. The smallest absolute Gasteiger partial charge is 0.0914 e. The lowest BCUT2D eigenvalue weighted by Crippen LogP contribution is -2.21. The highest BCUT2D eigenvalue weighted by Crippen LogP contribution is 2.19. The van der Waals surface area contributed by atoms with Crippen molar-refractivity contribution < 1.29 is 5.11 Å². The molecule has 0 saturated heterocycles. The van der Waals surface area contributed by atoms with Crippen LogP contribution in [0.25, 0.3) is 0 Å². The van der Waals surface area contributed by atoms with Crippen molar-refractivity contribution in [2.75, 3.05) is 6.54 Å². The van der Waals surface area contributed by atoms with E-state index in [1.807, 2.05) is 24.3 Å². The summed E-state index contributed by atoms with van der Waals surface area (Å²) < 4.78 is 0.996. The van der Waals surface area contributed by atoms with Crippen LogP contribution in [0.5, 0.6) is 0 Å². The van der Waals surface area contributed by atoms with E-state index in [4.69, 9.17) is 0 Å². The highest BCUT2D eigenvalue weighted by molar-refractivity contribution is 9.10. The first-order chi connectivity index (χ1) is 9.20. The van der Waals surface area contributed by atoms with Crippen molar-refractivity contribution >= 4 is 27.3 Å². The fourth-order valence-electron chi connectivity index (χ4n) is 1.99. The highest BCUT2D eigenvalue weighted by atomic mass is 79.9. The number of rotatable bonds is 6. The first kappa shape index (κ1) is 14.7. The summed E-state index contributed by atoms with van der Waals surface area (Å²) in [6.45, 7) is 3.56. The molecule has 2 N–H and O–H groups in total. The van der Waals surface area contributed by atoms with E-state index >= 15 is 0 Å². The van der Waals surface area contributed by atoms with E-state index < -0.39 is 6.10 Å². The lowest BCUT2D eigenvalue weighted by molar-refractivity contribution is 0.174. The van der Waals surface area contributed by atoms with Crippen molar-refractivity contribution in [1.82, 2.24) is 5.32 Å². The summed E-state index contributed by atoms with van der Waals surface area (Å²) in [6.07, 6.45) is 0.594. The zero-order valence-electron chi connectivity index (χ0n) is 10.9. The molecule has 0 fully saturated rings. The number of benzene rings is 1. The summed E-state index contributed by atoms with van der Waals surface area (Å²) in [5, 5.41) is 15.6. The van der Waals surface area contributed by atoms with Gasteiger partial charge in [-0.2, -0.15) is 0 Å². The van der Waals surface area contributed by atoms with Crippen LogP contribution >= 0.6 is 27.3 Å². The van der Waals surface area contributed by atoms with Crippen molar-refractivity contribution in [1.29, 1.82) is 0 Å². The summed E-state index contributed by atoms with van der Waals surface area (Å²) in [7, 11) is 0. The van der Waals surface area contributed by atoms with Crippen LogP contribution in [-0.4, -0.2) is 11.7 Å². The number of nitrogens with one attached hydrogen (secondary N) is 1. The van der Waals surface area contributed by atoms with Crippen LogP contribution in [0.1, 0.15) is 29.0 Å². The van der Waals surface area contributed by atoms with Gasteiger partial charge in [-0.3, -0.25) is 0 Å². The third kappa shape index (κ3) is 4.14. The maximum Gasteiger partial charge on any atom is 0.0914 e. The van der Waals surface area contributed by atoms with Crippen LogP contribution < -0.4 is 5.32 Å². The molecule has 0 amide bonds. The number of halogens is 1. The molecular weight excluding hydrogens is 322 g/mol. The first-order valence-electron chi connectivity index (χ1n) is 6.40. The van der Waals surface area contributed by atoms with Crippen molar-refractivity contribution in [3.63, 3.8) is 0 Å².